The van der Waals surface area contributed by atoms with Gasteiger partial charge in [0.05, 0.1) is 11.8 Å². The number of carbonyl (C=O) groups excluding carboxylic acids is 3. The molecular formula is C17H26N2O3. The van der Waals surface area contributed by atoms with Crippen molar-refractivity contribution in [1.82, 2.24) is 9.80 Å². The van der Waals surface area contributed by atoms with Gasteiger partial charge in [0.15, 0.2) is 0 Å². The highest BCUT2D eigenvalue weighted by Crippen LogP contribution is 2.38. The summed E-state index contributed by atoms with van der Waals surface area (Å²) in [5.74, 6) is 0.399. The minimum absolute atomic E-state index is 0.0378. The standard InChI is InChI=1S/C17H26N2O3/c1-18(11-12-5-4-6-12)15(20)9-10-19-16(21)13-7-2-3-8-14(13)17(19)22/h12-14H,2-11H2,1H3/t13-,14-/m0/s1. The van der Waals surface area contributed by atoms with Crippen LogP contribution in [-0.4, -0.2) is 47.7 Å². The Labute approximate surface area is 132 Å². The highest BCUT2D eigenvalue weighted by atomic mass is 16.2. The molecule has 0 aromatic heterocycles. The highest BCUT2D eigenvalue weighted by Gasteiger charge is 2.47. The predicted octanol–water partition coefficient (Wildman–Crippen LogP) is 1.81. The summed E-state index contributed by atoms with van der Waals surface area (Å²) >= 11 is 0. The molecule has 0 aromatic carbocycles. The van der Waals surface area contributed by atoms with E-state index in [-0.39, 0.29) is 42.5 Å². The van der Waals surface area contributed by atoms with Crippen LogP contribution in [0.1, 0.15) is 51.4 Å². The fourth-order valence-electron chi connectivity index (χ4n) is 4.01. The molecule has 3 aliphatic rings. The topological polar surface area (TPSA) is 57.7 Å². The largest absolute Gasteiger partial charge is 0.345 e. The average Bonchev–Trinajstić information content (AvgIpc) is 2.73. The fourth-order valence-corrected chi connectivity index (χ4v) is 4.01. The van der Waals surface area contributed by atoms with Crippen LogP contribution in [0.3, 0.4) is 0 Å². The summed E-state index contributed by atoms with van der Waals surface area (Å²) in [4.78, 5) is 40.0. The number of nitrogens with zero attached hydrogens (tertiary/aromatic N) is 2. The third kappa shape index (κ3) is 2.90. The molecule has 0 aromatic rings. The van der Waals surface area contributed by atoms with E-state index in [1.54, 1.807) is 4.90 Å². The van der Waals surface area contributed by atoms with Crippen LogP contribution >= 0.6 is 0 Å². The molecule has 0 radical (unpaired) electrons. The van der Waals surface area contributed by atoms with E-state index in [0.29, 0.717) is 5.92 Å². The van der Waals surface area contributed by atoms with Gasteiger partial charge in [0.25, 0.3) is 0 Å². The lowest BCUT2D eigenvalue weighted by Crippen LogP contribution is -2.38. The second-order valence-electron chi connectivity index (χ2n) is 7.15. The summed E-state index contributed by atoms with van der Waals surface area (Å²) in [6, 6.07) is 0. The van der Waals surface area contributed by atoms with Crippen molar-refractivity contribution >= 4 is 17.7 Å². The van der Waals surface area contributed by atoms with Crippen molar-refractivity contribution in [2.24, 2.45) is 17.8 Å². The quantitative estimate of drug-likeness (QED) is 0.728. The minimum Gasteiger partial charge on any atom is -0.345 e. The van der Waals surface area contributed by atoms with E-state index in [2.05, 4.69) is 0 Å². The first kappa shape index (κ1) is 15.5. The summed E-state index contributed by atoms with van der Waals surface area (Å²) in [6.07, 6.45) is 7.71. The first-order chi connectivity index (χ1) is 10.6. The molecule has 1 heterocycles. The summed E-state index contributed by atoms with van der Waals surface area (Å²) in [5, 5.41) is 0. The fraction of sp³-hybridized carbons (Fsp3) is 0.824. The van der Waals surface area contributed by atoms with Crippen LogP contribution in [0.4, 0.5) is 0 Å². The number of likely N-dealkylation sites (tertiary alicyclic amines) is 1. The second kappa shape index (κ2) is 6.39. The molecule has 122 valence electrons. The number of amides is 3. The summed E-state index contributed by atoms with van der Waals surface area (Å²) < 4.78 is 0. The van der Waals surface area contributed by atoms with Gasteiger partial charge in [-0.15, -0.1) is 0 Å². The molecule has 0 N–H and O–H groups in total. The van der Waals surface area contributed by atoms with Gasteiger partial charge in [-0.3, -0.25) is 19.3 Å². The molecule has 1 saturated heterocycles. The van der Waals surface area contributed by atoms with E-state index in [9.17, 15) is 14.4 Å². The van der Waals surface area contributed by atoms with Gasteiger partial charge in [-0.2, -0.15) is 0 Å². The van der Waals surface area contributed by atoms with Crippen molar-refractivity contribution in [3.05, 3.63) is 0 Å². The Morgan fingerprint density at radius 2 is 1.64 bits per heavy atom. The summed E-state index contributed by atoms with van der Waals surface area (Å²) in [6.45, 7) is 1.07. The van der Waals surface area contributed by atoms with Gasteiger partial charge in [-0.05, 0) is 31.6 Å². The Balaban J connectivity index is 1.51. The zero-order chi connectivity index (χ0) is 15.7. The summed E-state index contributed by atoms with van der Waals surface area (Å²) in [5.41, 5.74) is 0. The van der Waals surface area contributed by atoms with Crippen LogP contribution in [0.25, 0.3) is 0 Å². The Morgan fingerprint density at radius 1 is 1.05 bits per heavy atom. The molecule has 0 bridgehead atoms. The number of carbonyl (C=O) groups is 3. The molecule has 2 saturated carbocycles. The van der Waals surface area contributed by atoms with Crippen LogP contribution in [0.15, 0.2) is 0 Å². The third-order valence-electron chi connectivity index (χ3n) is 5.66. The average molecular weight is 306 g/mol. The van der Waals surface area contributed by atoms with Crippen molar-refractivity contribution < 1.29 is 14.4 Å². The second-order valence-corrected chi connectivity index (χ2v) is 7.15. The van der Waals surface area contributed by atoms with Gasteiger partial charge < -0.3 is 4.90 Å². The zero-order valence-corrected chi connectivity index (χ0v) is 13.4. The van der Waals surface area contributed by atoms with Crippen LogP contribution in [-0.2, 0) is 14.4 Å². The zero-order valence-electron chi connectivity index (χ0n) is 13.4. The molecule has 1 aliphatic heterocycles. The first-order valence-corrected chi connectivity index (χ1v) is 8.67. The van der Waals surface area contributed by atoms with E-state index in [0.717, 1.165) is 32.2 Å². The number of hydrogen-bond acceptors (Lipinski definition) is 3. The maximum absolute atomic E-state index is 12.3. The maximum Gasteiger partial charge on any atom is 0.233 e. The molecule has 5 nitrogen and oxygen atoms in total. The number of rotatable bonds is 5. The Morgan fingerprint density at radius 3 is 2.14 bits per heavy atom. The van der Waals surface area contributed by atoms with Crippen LogP contribution < -0.4 is 0 Å². The van der Waals surface area contributed by atoms with Gasteiger partial charge in [-0.25, -0.2) is 0 Å². The van der Waals surface area contributed by atoms with Crippen molar-refractivity contribution in [3.8, 4) is 0 Å². The lowest BCUT2D eigenvalue weighted by molar-refractivity contribution is -0.140. The lowest BCUT2D eigenvalue weighted by atomic mass is 9.81. The smallest absolute Gasteiger partial charge is 0.233 e. The maximum atomic E-state index is 12.3. The molecular weight excluding hydrogens is 280 g/mol. The molecule has 5 heteroatoms. The first-order valence-electron chi connectivity index (χ1n) is 8.67. The van der Waals surface area contributed by atoms with E-state index in [1.165, 1.54) is 24.2 Å². The monoisotopic (exact) mass is 306 g/mol. The van der Waals surface area contributed by atoms with Crippen LogP contribution in [0.5, 0.6) is 0 Å². The van der Waals surface area contributed by atoms with Gasteiger partial charge in [0.1, 0.15) is 0 Å². The molecule has 3 amide bonds. The SMILES string of the molecule is CN(CC1CCC1)C(=O)CCN1C(=O)[C@H]2CCCC[C@@H]2C1=O. The van der Waals surface area contributed by atoms with Gasteiger partial charge >= 0.3 is 0 Å². The molecule has 0 unspecified atom stereocenters. The Kier molecular flexibility index (Phi) is 4.50. The molecule has 3 rings (SSSR count). The third-order valence-corrected chi connectivity index (χ3v) is 5.66. The molecule has 3 fully saturated rings. The lowest BCUT2D eigenvalue weighted by Gasteiger charge is -2.30. The van der Waals surface area contributed by atoms with E-state index >= 15 is 0 Å². The van der Waals surface area contributed by atoms with E-state index in [1.807, 2.05) is 7.05 Å². The molecule has 2 atom stereocenters. The number of imide groups is 1. The van der Waals surface area contributed by atoms with Crippen LogP contribution in [0, 0.1) is 17.8 Å². The Bertz CT molecular complexity index is 449. The normalized spacial score (nSPS) is 28.5. The molecule has 2 aliphatic carbocycles. The van der Waals surface area contributed by atoms with Crippen LogP contribution in [0.2, 0.25) is 0 Å². The number of hydrogen-bond donors (Lipinski definition) is 0. The highest BCUT2D eigenvalue weighted by molar-refractivity contribution is 6.05. The van der Waals surface area contributed by atoms with Gasteiger partial charge in [0, 0.05) is 26.6 Å². The summed E-state index contributed by atoms with van der Waals surface area (Å²) in [7, 11) is 1.83. The predicted molar refractivity (Wildman–Crippen MR) is 81.8 cm³/mol. The minimum atomic E-state index is -0.107. The van der Waals surface area contributed by atoms with E-state index < -0.39 is 0 Å². The molecule has 0 spiro atoms. The number of fused-ring (bicyclic) bond motifs is 1. The van der Waals surface area contributed by atoms with Gasteiger partial charge in [-0.1, -0.05) is 19.3 Å². The van der Waals surface area contributed by atoms with Crippen molar-refractivity contribution in [2.75, 3.05) is 20.1 Å². The van der Waals surface area contributed by atoms with Gasteiger partial charge in [0.2, 0.25) is 17.7 Å². The van der Waals surface area contributed by atoms with Crippen molar-refractivity contribution in [2.45, 2.75) is 51.4 Å². The van der Waals surface area contributed by atoms with Crippen molar-refractivity contribution in [1.29, 1.82) is 0 Å². The van der Waals surface area contributed by atoms with Crippen molar-refractivity contribution in [3.63, 3.8) is 0 Å². The Hall–Kier alpha value is -1.39. The van der Waals surface area contributed by atoms with E-state index in [4.69, 9.17) is 0 Å². The molecule has 22 heavy (non-hydrogen) atoms.